The van der Waals surface area contributed by atoms with Crippen LogP contribution in [0, 0.1) is 6.92 Å². The number of rotatable bonds is 1. The second-order valence-corrected chi connectivity index (χ2v) is 5.59. The molecule has 2 aliphatic heterocycles. The van der Waals surface area contributed by atoms with Crippen LogP contribution in [0.3, 0.4) is 0 Å². The average Bonchev–Trinajstić information content (AvgIpc) is 3.07. The lowest BCUT2D eigenvalue weighted by Gasteiger charge is -2.35. The quantitative estimate of drug-likeness (QED) is 0.796. The number of oxazole rings is 1. The van der Waals surface area contributed by atoms with Crippen molar-refractivity contribution in [3.8, 4) is 0 Å². The molecular weight excluding hydrogens is 286 g/mol. The zero-order valence-electron chi connectivity index (χ0n) is 12.1. The van der Waals surface area contributed by atoms with Crippen molar-refractivity contribution in [1.29, 1.82) is 0 Å². The van der Waals surface area contributed by atoms with E-state index in [4.69, 9.17) is 9.15 Å². The SMILES string of the molecule is Cc1nc2ccc(C(=O)N3CCN4C(=O)OCC4C3)cc2o1. The van der Waals surface area contributed by atoms with E-state index in [1.54, 1.807) is 34.9 Å². The summed E-state index contributed by atoms with van der Waals surface area (Å²) in [5.41, 5.74) is 1.93. The zero-order valence-corrected chi connectivity index (χ0v) is 12.1. The number of amides is 2. The first kappa shape index (κ1) is 13.1. The number of hydrogen-bond donors (Lipinski definition) is 0. The average molecular weight is 301 g/mol. The Balaban J connectivity index is 1.56. The number of carbonyl (C=O) groups is 2. The van der Waals surface area contributed by atoms with Gasteiger partial charge >= 0.3 is 6.09 Å². The van der Waals surface area contributed by atoms with Crippen LogP contribution < -0.4 is 0 Å². The first-order valence-electron chi connectivity index (χ1n) is 7.22. The zero-order chi connectivity index (χ0) is 15.3. The molecule has 0 N–H and O–H groups in total. The second-order valence-electron chi connectivity index (χ2n) is 5.59. The Labute approximate surface area is 126 Å². The molecule has 7 nitrogen and oxygen atoms in total. The topological polar surface area (TPSA) is 75.9 Å². The van der Waals surface area contributed by atoms with E-state index in [1.807, 2.05) is 0 Å². The summed E-state index contributed by atoms with van der Waals surface area (Å²) in [5.74, 6) is 0.518. The highest BCUT2D eigenvalue weighted by molar-refractivity contribution is 5.97. The molecule has 2 fully saturated rings. The van der Waals surface area contributed by atoms with Crippen molar-refractivity contribution in [1.82, 2.24) is 14.8 Å². The van der Waals surface area contributed by atoms with E-state index in [-0.39, 0.29) is 18.0 Å². The van der Waals surface area contributed by atoms with E-state index in [0.29, 0.717) is 43.3 Å². The molecule has 2 saturated heterocycles. The highest BCUT2D eigenvalue weighted by atomic mass is 16.6. The molecule has 2 amide bonds. The molecule has 3 heterocycles. The minimum absolute atomic E-state index is 0.0403. The first-order valence-corrected chi connectivity index (χ1v) is 7.22. The molecule has 1 unspecified atom stereocenters. The number of aromatic nitrogens is 1. The molecule has 0 radical (unpaired) electrons. The lowest BCUT2D eigenvalue weighted by molar-refractivity contribution is 0.0617. The van der Waals surface area contributed by atoms with E-state index < -0.39 is 0 Å². The molecule has 22 heavy (non-hydrogen) atoms. The number of nitrogens with zero attached hydrogens (tertiary/aromatic N) is 3. The van der Waals surface area contributed by atoms with Crippen molar-refractivity contribution in [3.63, 3.8) is 0 Å². The predicted molar refractivity (Wildman–Crippen MR) is 76.5 cm³/mol. The molecular formula is C15H15N3O4. The number of carbonyl (C=O) groups excluding carboxylic acids is 2. The van der Waals surface area contributed by atoms with Gasteiger partial charge in [0, 0.05) is 32.1 Å². The third kappa shape index (κ3) is 2.01. The summed E-state index contributed by atoms with van der Waals surface area (Å²) in [5, 5.41) is 0. The van der Waals surface area contributed by atoms with Gasteiger partial charge in [0.05, 0.1) is 6.04 Å². The van der Waals surface area contributed by atoms with Crippen molar-refractivity contribution in [2.24, 2.45) is 0 Å². The van der Waals surface area contributed by atoms with Crippen LogP contribution in [0.15, 0.2) is 22.6 Å². The maximum Gasteiger partial charge on any atom is 0.410 e. The Morgan fingerprint density at radius 1 is 1.36 bits per heavy atom. The van der Waals surface area contributed by atoms with Gasteiger partial charge in [0.25, 0.3) is 5.91 Å². The fourth-order valence-corrected chi connectivity index (χ4v) is 3.03. The number of benzene rings is 1. The Kier molecular flexibility index (Phi) is 2.82. The van der Waals surface area contributed by atoms with Gasteiger partial charge in [0.2, 0.25) is 0 Å². The van der Waals surface area contributed by atoms with Gasteiger partial charge in [-0.3, -0.25) is 9.69 Å². The molecule has 4 rings (SSSR count). The predicted octanol–water partition coefficient (Wildman–Crippen LogP) is 1.41. The van der Waals surface area contributed by atoms with E-state index in [1.165, 1.54) is 0 Å². The number of fused-ring (bicyclic) bond motifs is 2. The largest absolute Gasteiger partial charge is 0.447 e. The highest BCUT2D eigenvalue weighted by Crippen LogP contribution is 2.21. The monoisotopic (exact) mass is 301 g/mol. The van der Waals surface area contributed by atoms with Gasteiger partial charge in [-0.2, -0.15) is 0 Å². The third-order valence-corrected chi connectivity index (χ3v) is 4.15. The van der Waals surface area contributed by atoms with Crippen molar-refractivity contribution >= 4 is 23.1 Å². The summed E-state index contributed by atoms with van der Waals surface area (Å²) in [6.45, 7) is 3.65. The van der Waals surface area contributed by atoms with Gasteiger partial charge in [-0.1, -0.05) is 0 Å². The maximum absolute atomic E-state index is 12.6. The number of hydrogen-bond acceptors (Lipinski definition) is 5. The van der Waals surface area contributed by atoms with Crippen LogP contribution in [0.2, 0.25) is 0 Å². The van der Waals surface area contributed by atoms with E-state index in [2.05, 4.69) is 4.98 Å². The molecule has 1 aromatic heterocycles. The molecule has 0 saturated carbocycles. The molecule has 0 aliphatic carbocycles. The van der Waals surface area contributed by atoms with Crippen molar-refractivity contribution < 1.29 is 18.7 Å². The van der Waals surface area contributed by atoms with Crippen LogP contribution in [-0.2, 0) is 4.74 Å². The summed E-state index contributed by atoms with van der Waals surface area (Å²) in [7, 11) is 0. The molecule has 0 bridgehead atoms. The minimum Gasteiger partial charge on any atom is -0.447 e. The Bertz CT molecular complexity index is 769. The number of aryl methyl sites for hydroxylation is 1. The molecule has 2 aliphatic rings. The molecule has 0 spiro atoms. The van der Waals surface area contributed by atoms with E-state index >= 15 is 0 Å². The number of ether oxygens (including phenoxy) is 1. The van der Waals surface area contributed by atoms with E-state index in [9.17, 15) is 9.59 Å². The van der Waals surface area contributed by atoms with Crippen LogP contribution in [0.1, 0.15) is 16.2 Å². The Hall–Kier alpha value is -2.57. The summed E-state index contributed by atoms with van der Waals surface area (Å²) in [6.07, 6.45) is -0.282. The van der Waals surface area contributed by atoms with Gasteiger partial charge in [-0.25, -0.2) is 9.78 Å². The number of cyclic esters (lactones) is 1. The highest BCUT2D eigenvalue weighted by Gasteiger charge is 2.38. The van der Waals surface area contributed by atoms with Gasteiger partial charge in [0.15, 0.2) is 11.5 Å². The minimum atomic E-state index is -0.282. The third-order valence-electron chi connectivity index (χ3n) is 4.15. The fraction of sp³-hybridized carbons (Fsp3) is 0.400. The fourth-order valence-electron chi connectivity index (χ4n) is 3.03. The van der Waals surface area contributed by atoms with Gasteiger partial charge < -0.3 is 14.1 Å². The second kappa shape index (κ2) is 4.72. The molecule has 1 aromatic carbocycles. The van der Waals surface area contributed by atoms with Crippen LogP contribution in [0.4, 0.5) is 4.79 Å². The normalized spacial score (nSPS) is 21.1. The number of piperazine rings is 1. The van der Waals surface area contributed by atoms with E-state index in [0.717, 1.165) is 5.52 Å². The van der Waals surface area contributed by atoms with Crippen LogP contribution in [0.25, 0.3) is 11.1 Å². The summed E-state index contributed by atoms with van der Waals surface area (Å²) in [6, 6.07) is 5.23. The lowest BCUT2D eigenvalue weighted by atomic mass is 10.1. The molecule has 2 aromatic rings. The van der Waals surface area contributed by atoms with Crippen LogP contribution in [-0.4, -0.2) is 59.1 Å². The van der Waals surface area contributed by atoms with Gasteiger partial charge in [0.1, 0.15) is 12.1 Å². The molecule has 114 valence electrons. The lowest BCUT2D eigenvalue weighted by Crippen LogP contribution is -2.53. The van der Waals surface area contributed by atoms with Gasteiger partial charge in [-0.05, 0) is 18.2 Å². The first-order chi connectivity index (χ1) is 10.6. The maximum atomic E-state index is 12.6. The molecule has 1 atom stereocenters. The van der Waals surface area contributed by atoms with Crippen LogP contribution >= 0.6 is 0 Å². The molecule has 7 heteroatoms. The summed E-state index contributed by atoms with van der Waals surface area (Å²) >= 11 is 0. The smallest absolute Gasteiger partial charge is 0.410 e. The van der Waals surface area contributed by atoms with Crippen LogP contribution in [0.5, 0.6) is 0 Å². The summed E-state index contributed by atoms with van der Waals surface area (Å²) in [4.78, 5) is 31.8. The Morgan fingerprint density at radius 2 is 2.23 bits per heavy atom. The van der Waals surface area contributed by atoms with Crippen molar-refractivity contribution in [2.75, 3.05) is 26.2 Å². The van der Waals surface area contributed by atoms with Crippen molar-refractivity contribution in [3.05, 3.63) is 29.7 Å². The standard InChI is InChI=1S/C15H15N3O4/c1-9-16-12-3-2-10(6-13(12)22-9)14(19)17-4-5-18-11(7-17)8-21-15(18)20/h2-3,6,11H,4-5,7-8H2,1H3. The Morgan fingerprint density at radius 3 is 3.09 bits per heavy atom. The summed E-state index contributed by atoms with van der Waals surface area (Å²) < 4.78 is 10.5. The van der Waals surface area contributed by atoms with Crippen molar-refractivity contribution in [2.45, 2.75) is 13.0 Å². The van der Waals surface area contributed by atoms with Gasteiger partial charge in [-0.15, -0.1) is 0 Å².